The number of hydrogen-bond donors (Lipinski definition) is 1. The molecule has 124 valence electrons. The summed E-state index contributed by atoms with van der Waals surface area (Å²) in [7, 11) is 0. The van der Waals surface area contributed by atoms with Crippen molar-refractivity contribution in [3.05, 3.63) is 69.8 Å². The van der Waals surface area contributed by atoms with Gasteiger partial charge in [-0.2, -0.15) is 0 Å². The fraction of sp³-hybridized carbons (Fsp3) is 0. The zero-order valence-corrected chi connectivity index (χ0v) is 15.0. The number of halogens is 2. The number of hydrogen-bond acceptors (Lipinski definition) is 4. The lowest BCUT2D eigenvalue weighted by atomic mass is 10.2. The van der Waals surface area contributed by atoms with E-state index in [1.165, 1.54) is 29.5 Å². The first kappa shape index (κ1) is 16.0. The molecule has 2 aromatic carbocycles. The number of carbonyl (C=O) groups excluding carboxylic acids is 1. The molecule has 0 aliphatic heterocycles. The maximum absolute atomic E-state index is 13.1. The molecule has 0 aliphatic carbocycles. The van der Waals surface area contributed by atoms with Crippen LogP contribution in [0.1, 0.15) is 10.4 Å². The molecule has 1 amide bonds. The Kier molecular flexibility index (Phi) is 4.10. The van der Waals surface area contributed by atoms with Crippen molar-refractivity contribution in [2.24, 2.45) is 0 Å². The third-order valence-electron chi connectivity index (χ3n) is 3.58. The van der Waals surface area contributed by atoms with Gasteiger partial charge in [-0.15, -0.1) is 11.3 Å². The standard InChI is InChI=1S/C18H10BrFN2O2S/c19-13-8-11(20)5-6-12(13)17(23)22-18-21-14(9-25-18)16-7-10-3-1-2-4-15(10)24-16/h1-9H,(H,21,22,23). The highest BCUT2D eigenvalue weighted by Crippen LogP contribution is 2.30. The van der Waals surface area contributed by atoms with Crippen molar-refractivity contribution in [1.82, 2.24) is 4.98 Å². The van der Waals surface area contributed by atoms with Crippen molar-refractivity contribution in [3.8, 4) is 11.5 Å². The first-order valence-electron chi connectivity index (χ1n) is 7.31. The predicted octanol–water partition coefficient (Wildman–Crippen LogP) is 5.71. The number of rotatable bonds is 3. The van der Waals surface area contributed by atoms with E-state index in [4.69, 9.17) is 4.42 Å². The van der Waals surface area contributed by atoms with Crippen LogP contribution in [-0.4, -0.2) is 10.9 Å². The lowest BCUT2D eigenvalue weighted by molar-refractivity contribution is 0.102. The van der Waals surface area contributed by atoms with E-state index in [2.05, 4.69) is 26.2 Å². The molecule has 4 rings (SSSR count). The van der Waals surface area contributed by atoms with Crippen molar-refractivity contribution >= 4 is 49.3 Å². The van der Waals surface area contributed by atoms with Gasteiger partial charge in [0.15, 0.2) is 10.9 Å². The molecule has 0 spiro atoms. The number of thiazole rings is 1. The molecule has 7 heteroatoms. The van der Waals surface area contributed by atoms with Crippen LogP contribution in [0.3, 0.4) is 0 Å². The molecule has 0 fully saturated rings. The molecule has 0 saturated carbocycles. The average molecular weight is 417 g/mol. The molecule has 4 aromatic rings. The first-order chi connectivity index (χ1) is 12.1. The summed E-state index contributed by atoms with van der Waals surface area (Å²) >= 11 is 4.48. The number of carbonyl (C=O) groups is 1. The second-order valence-corrected chi connectivity index (χ2v) is 6.98. The summed E-state index contributed by atoms with van der Waals surface area (Å²) < 4.78 is 19.3. The van der Waals surface area contributed by atoms with Gasteiger partial charge in [0.25, 0.3) is 5.91 Å². The van der Waals surface area contributed by atoms with Gasteiger partial charge < -0.3 is 4.42 Å². The van der Waals surface area contributed by atoms with Crippen LogP contribution in [0.4, 0.5) is 9.52 Å². The molecular weight excluding hydrogens is 407 g/mol. The summed E-state index contributed by atoms with van der Waals surface area (Å²) in [5, 5.41) is 5.96. The van der Waals surface area contributed by atoms with Crippen LogP contribution < -0.4 is 5.32 Å². The Morgan fingerprint density at radius 1 is 1.20 bits per heavy atom. The van der Waals surface area contributed by atoms with Gasteiger partial charge in [0.05, 0.1) is 5.56 Å². The number of amides is 1. The van der Waals surface area contributed by atoms with Crippen LogP contribution in [0.25, 0.3) is 22.4 Å². The van der Waals surface area contributed by atoms with E-state index in [0.717, 1.165) is 11.0 Å². The maximum Gasteiger partial charge on any atom is 0.258 e. The van der Waals surface area contributed by atoms with Gasteiger partial charge in [0.2, 0.25) is 0 Å². The van der Waals surface area contributed by atoms with Crippen LogP contribution in [0.15, 0.2) is 62.8 Å². The van der Waals surface area contributed by atoms with Crippen molar-refractivity contribution in [2.45, 2.75) is 0 Å². The Morgan fingerprint density at radius 2 is 2.04 bits per heavy atom. The number of para-hydroxylation sites is 1. The Balaban J connectivity index is 1.57. The van der Waals surface area contributed by atoms with Gasteiger partial charge in [-0.3, -0.25) is 10.1 Å². The molecule has 0 aliphatic rings. The van der Waals surface area contributed by atoms with Crippen LogP contribution in [0, 0.1) is 5.82 Å². The van der Waals surface area contributed by atoms with Crippen LogP contribution >= 0.6 is 27.3 Å². The van der Waals surface area contributed by atoms with E-state index in [-0.39, 0.29) is 5.91 Å². The zero-order valence-electron chi connectivity index (χ0n) is 12.6. The molecule has 4 nitrogen and oxygen atoms in total. The van der Waals surface area contributed by atoms with Crippen LogP contribution in [0.2, 0.25) is 0 Å². The molecular formula is C18H10BrFN2O2S. The first-order valence-corrected chi connectivity index (χ1v) is 8.98. The fourth-order valence-corrected chi connectivity index (χ4v) is 3.62. The monoisotopic (exact) mass is 416 g/mol. The highest BCUT2D eigenvalue weighted by atomic mass is 79.9. The summed E-state index contributed by atoms with van der Waals surface area (Å²) in [6, 6.07) is 13.5. The van der Waals surface area contributed by atoms with Gasteiger partial charge in [-0.25, -0.2) is 9.37 Å². The van der Waals surface area contributed by atoms with Gasteiger partial charge in [0.1, 0.15) is 17.1 Å². The third kappa shape index (κ3) is 3.20. The van der Waals surface area contributed by atoms with Crippen molar-refractivity contribution < 1.29 is 13.6 Å². The Bertz CT molecular complexity index is 1060. The molecule has 0 atom stereocenters. The molecule has 0 unspecified atom stereocenters. The minimum absolute atomic E-state index is 0.335. The van der Waals surface area contributed by atoms with Crippen molar-refractivity contribution in [2.75, 3.05) is 5.32 Å². The second-order valence-electron chi connectivity index (χ2n) is 5.26. The summed E-state index contributed by atoms with van der Waals surface area (Å²) in [5.74, 6) is -0.136. The highest BCUT2D eigenvalue weighted by Gasteiger charge is 2.15. The summed E-state index contributed by atoms with van der Waals surface area (Å²) in [5.41, 5.74) is 1.77. The van der Waals surface area contributed by atoms with Crippen molar-refractivity contribution in [3.63, 3.8) is 0 Å². The molecule has 2 heterocycles. The molecule has 2 aromatic heterocycles. The average Bonchev–Trinajstić information content (AvgIpc) is 3.20. The number of anilines is 1. The maximum atomic E-state index is 13.1. The second kappa shape index (κ2) is 6.42. The minimum atomic E-state index is -0.412. The molecule has 0 radical (unpaired) electrons. The third-order valence-corrected chi connectivity index (χ3v) is 4.99. The Morgan fingerprint density at radius 3 is 2.84 bits per heavy atom. The van der Waals surface area contributed by atoms with E-state index >= 15 is 0 Å². The topological polar surface area (TPSA) is 55.1 Å². The molecule has 1 N–H and O–H groups in total. The lowest BCUT2D eigenvalue weighted by Gasteiger charge is -2.04. The number of aromatic nitrogens is 1. The van der Waals surface area contributed by atoms with Gasteiger partial charge in [-0.1, -0.05) is 18.2 Å². The Labute approximate surface area is 154 Å². The number of nitrogens with one attached hydrogen (secondary N) is 1. The minimum Gasteiger partial charge on any atom is -0.454 e. The number of fused-ring (bicyclic) bond motifs is 1. The molecule has 0 bridgehead atoms. The summed E-state index contributed by atoms with van der Waals surface area (Å²) in [6.45, 7) is 0. The molecule has 0 saturated heterocycles. The largest absolute Gasteiger partial charge is 0.454 e. The van der Waals surface area contributed by atoms with E-state index in [0.29, 0.717) is 26.6 Å². The van der Waals surface area contributed by atoms with Crippen LogP contribution in [0.5, 0.6) is 0 Å². The zero-order chi connectivity index (χ0) is 17.4. The van der Waals surface area contributed by atoms with E-state index in [1.54, 1.807) is 0 Å². The predicted molar refractivity (Wildman–Crippen MR) is 99.4 cm³/mol. The van der Waals surface area contributed by atoms with E-state index in [9.17, 15) is 9.18 Å². The quantitative estimate of drug-likeness (QED) is 0.465. The van der Waals surface area contributed by atoms with Crippen molar-refractivity contribution in [1.29, 1.82) is 0 Å². The SMILES string of the molecule is O=C(Nc1nc(-c2cc3ccccc3o2)cs1)c1ccc(F)cc1Br. The highest BCUT2D eigenvalue weighted by molar-refractivity contribution is 9.10. The summed E-state index contributed by atoms with van der Waals surface area (Å²) in [4.78, 5) is 16.7. The fourth-order valence-electron chi connectivity index (χ4n) is 2.39. The van der Waals surface area contributed by atoms with Crippen LogP contribution in [-0.2, 0) is 0 Å². The normalized spacial score (nSPS) is 11.0. The molecule has 25 heavy (non-hydrogen) atoms. The number of nitrogens with zero attached hydrogens (tertiary/aromatic N) is 1. The van der Waals surface area contributed by atoms with Gasteiger partial charge in [0, 0.05) is 15.2 Å². The number of benzene rings is 2. The summed E-state index contributed by atoms with van der Waals surface area (Å²) in [6.07, 6.45) is 0. The smallest absolute Gasteiger partial charge is 0.258 e. The van der Waals surface area contributed by atoms with E-state index < -0.39 is 5.82 Å². The Hall–Kier alpha value is -2.51. The number of furan rings is 1. The van der Waals surface area contributed by atoms with Gasteiger partial charge in [-0.05, 0) is 46.3 Å². The van der Waals surface area contributed by atoms with E-state index in [1.807, 2.05) is 35.7 Å². The van der Waals surface area contributed by atoms with Gasteiger partial charge >= 0.3 is 0 Å². The lowest BCUT2D eigenvalue weighted by Crippen LogP contribution is -2.12.